The van der Waals surface area contributed by atoms with Gasteiger partial charge in [0.25, 0.3) is 0 Å². The van der Waals surface area contributed by atoms with E-state index in [1.807, 2.05) is 0 Å². The van der Waals surface area contributed by atoms with Crippen LogP contribution in [-0.2, 0) is 90.7 Å². The van der Waals surface area contributed by atoms with Gasteiger partial charge in [-0.2, -0.15) is 0 Å². The van der Waals surface area contributed by atoms with Crippen LogP contribution in [0, 0.1) is 0 Å². The van der Waals surface area contributed by atoms with Crippen molar-refractivity contribution in [1.82, 2.24) is 0 Å². The molecule has 0 aromatic heterocycles. The summed E-state index contributed by atoms with van der Waals surface area (Å²) in [5.41, 5.74) is 0. The molecule has 0 saturated heterocycles. The fourth-order valence-electron chi connectivity index (χ4n) is 0. The van der Waals surface area contributed by atoms with Crippen LogP contribution >= 0.6 is 0 Å². The summed E-state index contributed by atoms with van der Waals surface area (Å²) < 4.78 is 0. The van der Waals surface area contributed by atoms with Crippen LogP contribution in [0.1, 0.15) is 0 Å². The molecule has 0 amide bonds. The summed E-state index contributed by atoms with van der Waals surface area (Å²) >= 11 is 0. The molecular weight excluding hydrogens is 638 g/mol. The van der Waals surface area contributed by atoms with Gasteiger partial charge in [-0.3, -0.25) is 0 Å². The Morgan fingerprint density at radius 1 is 1.00 bits per heavy atom. The van der Waals surface area contributed by atoms with E-state index in [9.17, 15) is 0 Å². The van der Waals surface area contributed by atoms with Crippen molar-refractivity contribution in [2.24, 2.45) is 0 Å². The third kappa shape index (κ3) is 37.3. The molecule has 0 nitrogen and oxygen atoms in total. The second kappa shape index (κ2) is 46.5. The molecule has 0 aliphatic rings. The zero-order chi connectivity index (χ0) is 0. The van der Waals surface area contributed by atoms with E-state index in [2.05, 4.69) is 0 Å². The van der Waals surface area contributed by atoms with Crippen LogP contribution in [0.2, 0.25) is 0 Å². The van der Waals surface area contributed by atoms with Crippen molar-refractivity contribution in [3.8, 4) is 0 Å². The minimum absolute atomic E-state index is 0. The minimum Gasteiger partial charge on any atom is 0 e. The Balaban J connectivity index is 0. The van der Waals surface area contributed by atoms with Crippen molar-refractivity contribution in [1.29, 1.82) is 0 Å². The van der Waals surface area contributed by atoms with Gasteiger partial charge in [0.05, 0.1) is 0 Å². The fourth-order valence-corrected chi connectivity index (χ4v) is 0. The first-order valence-corrected chi connectivity index (χ1v) is 0. The van der Waals surface area contributed by atoms with Gasteiger partial charge in [-0.25, -0.2) is 0 Å². The molecule has 7 heteroatoms. The zero-order valence-corrected chi connectivity index (χ0v) is 19.1. The van der Waals surface area contributed by atoms with Crippen molar-refractivity contribution in [3.63, 3.8) is 0 Å². The Hall–Kier alpha value is 4.55. The van der Waals surface area contributed by atoms with Gasteiger partial charge in [-0.1, -0.05) is 0 Å². The summed E-state index contributed by atoms with van der Waals surface area (Å²) in [7, 11) is 0. The van der Waals surface area contributed by atoms with Crippen molar-refractivity contribution >= 4 is 52.2 Å². The Kier molecular flexibility index (Phi) is 413. The first-order chi connectivity index (χ1) is 0. The predicted octanol–water partition coefficient (Wildman–Crippen LogP) is -3.29. The van der Waals surface area contributed by atoms with Gasteiger partial charge < -0.3 is 0 Å². The van der Waals surface area contributed by atoms with Gasteiger partial charge in [-0.15, -0.1) is 0 Å². The molecule has 0 unspecified atom stereocenters. The third-order valence-electron chi connectivity index (χ3n) is 0. The van der Waals surface area contributed by atoms with Crippen LogP contribution in [0.3, 0.4) is 0 Å². The van der Waals surface area contributed by atoms with Crippen LogP contribution in [0.15, 0.2) is 0 Å². The average Bonchev–Trinajstić information content (AvgIpc) is 0. The molecule has 0 bridgehead atoms. The van der Waals surface area contributed by atoms with Crippen LogP contribution < -0.4 is 0 Å². The van der Waals surface area contributed by atoms with E-state index in [-0.39, 0.29) is 143 Å². The summed E-state index contributed by atoms with van der Waals surface area (Å²) in [6.07, 6.45) is 0. The maximum Gasteiger partial charge on any atom is 0 e. The standard InChI is InChI=1S/Al.Mo.Nb.H3Si.Sn.W.Zr.5H/h;;;1H3;;;;;;;;. The van der Waals surface area contributed by atoms with Crippen LogP contribution in [0.5, 0.6) is 0 Å². The second-order valence-electron chi connectivity index (χ2n) is 0. The first kappa shape index (κ1) is 62.1. The summed E-state index contributed by atoms with van der Waals surface area (Å²) in [6.45, 7) is 0. The Morgan fingerprint density at radius 2 is 1.00 bits per heavy atom. The largest absolute Gasteiger partial charge is 0 e. The monoisotopic (exact) mass is 648 g/mol. The van der Waals surface area contributed by atoms with Gasteiger partial charge in [0.2, 0.25) is 0 Å². The van der Waals surface area contributed by atoms with Crippen LogP contribution in [0.4, 0.5) is 0 Å². The van der Waals surface area contributed by atoms with Gasteiger partial charge >= 0.3 is 23.9 Å². The quantitative estimate of drug-likeness (QED) is 0.243. The van der Waals surface area contributed by atoms with E-state index in [1.54, 1.807) is 0 Å². The second-order valence-corrected chi connectivity index (χ2v) is 0. The smallest absolute Gasteiger partial charge is 0 e. The van der Waals surface area contributed by atoms with E-state index in [0.717, 1.165) is 0 Å². The SMILES string of the molecule is [AlH3].[Mo].[Nb].[SiH3].[SnH2].[W].[Zr]. The molecule has 40 valence electrons. The molecule has 0 fully saturated rings. The topological polar surface area (TPSA) is 0 Å². The summed E-state index contributed by atoms with van der Waals surface area (Å²) in [5, 5.41) is 0. The van der Waals surface area contributed by atoms with Crippen LogP contribution in [-0.4, -0.2) is 52.2 Å². The van der Waals surface area contributed by atoms with Crippen molar-refractivity contribution < 1.29 is 90.7 Å². The molecule has 0 rings (SSSR count). The molecule has 0 spiro atoms. The molecule has 0 saturated carbocycles. The summed E-state index contributed by atoms with van der Waals surface area (Å²) in [4.78, 5) is 0. The molecule has 0 N–H and O–H groups in total. The van der Waals surface area contributed by atoms with Gasteiger partial charge in [-0.05, 0) is 11.0 Å². The molecule has 7 heavy (non-hydrogen) atoms. The van der Waals surface area contributed by atoms with Gasteiger partial charge in [0.1, 0.15) is 0 Å². The minimum atomic E-state index is 0. The van der Waals surface area contributed by atoms with Gasteiger partial charge in [0, 0.05) is 90.7 Å². The van der Waals surface area contributed by atoms with E-state index in [4.69, 9.17) is 0 Å². The summed E-state index contributed by atoms with van der Waals surface area (Å²) in [5.74, 6) is 0. The molecule has 4 radical (unpaired) electrons. The number of hydrogen-bond donors (Lipinski definition) is 0. The van der Waals surface area contributed by atoms with Crippen LogP contribution in [0.25, 0.3) is 0 Å². The zero-order valence-electron chi connectivity index (χ0n) is 3.47. The van der Waals surface area contributed by atoms with E-state index in [1.165, 1.54) is 0 Å². The average molecular weight is 646 g/mol. The Bertz CT molecular complexity index is 19.7. The van der Waals surface area contributed by atoms with Crippen molar-refractivity contribution in [2.45, 2.75) is 0 Å². The fraction of sp³-hybridized carbons (Fsp3) is 0. The molecule has 0 heterocycles. The molecule has 0 aliphatic carbocycles. The Labute approximate surface area is 140 Å². The number of hydrogen-bond acceptors (Lipinski definition) is 0. The third-order valence-corrected chi connectivity index (χ3v) is 0. The normalized spacial score (nSPS) is 0. The van der Waals surface area contributed by atoms with Crippen molar-refractivity contribution in [3.05, 3.63) is 0 Å². The molecule has 0 aromatic rings. The first-order valence-electron chi connectivity index (χ1n) is 0. The predicted molar refractivity (Wildman–Crippen MR) is 28.4 cm³/mol. The molecular formula is H8AlMoNbSiSnWZr. The molecule has 0 atom stereocenters. The van der Waals surface area contributed by atoms with E-state index >= 15 is 0 Å². The Morgan fingerprint density at radius 3 is 1.00 bits per heavy atom. The van der Waals surface area contributed by atoms with E-state index < -0.39 is 0 Å². The molecule has 0 aliphatic heterocycles. The maximum atomic E-state index is 0. The summed E-state index contributed by atoms with van der Waals surface area (Å²) in [6, 6.07) is 0. The van der Waals surface area contributed by atoms with Crippen molar-refractivity contribution in [2.75, 3.05) is 0 Å². The number of rotatable bonds is 0. The van der Waals surface area contributed by atoms with E-state index in [0.29, 0.717) is 0 Å². The maximum absolute atomic E-state index is 0. The van der Waals surface area contributed by atoms with Gasteiger partial charge in [0.15, 0.2) is 17.4 Å². The molecule has 0 aromatic carbocycles.